The smallest absolute Gasteiger partial charge is 0.252 e. The van der Waals surface area contributed by atoms with Gasteiger partial charge >= 0.3 is 0 Å². The molecule has 31 heavy (non-hydrogen) atoms. The molecule has 0 aliphatic rings. The molecule has 3 aromatic carbocycles. The number of benzene rings is 3. The zero-order chi connectivity index (χ0) is 21.8. The Balaban J connectivity index is 1.69. The van der Waals surface area contributed by atoms with E-state index >= 15 is 0 Å². The Kier molecular flexibility index (Phi) is 5.94. The van der Waals surface area contributed by atoms with Gasteiger partial charge in [-0.25, -0.2) is 9.37 Å². The summed E-state index contributed by atoms with van der Waals surface area (Å²) >= 11 is 0. The van der Waals surface area contributed by atoms with Gasteiger partial charge in [-0.2, -0.15) is 0 Å². The van der Waals surface area contributed by atoms with Crippen LogP contribution in [0.3, 0.4) is 0 Å². The van der Waals surface area contributed by atoms with Crippen LogP contribution in [0.4, 0.5) is 4.39 Å². The van der Waals surface area contributed by atoms with Crippen molar-refractivity contribution in [3.05, 3.63) is 95.8 Å². The van der Waals surface area contributed by atoms with Crippen LogP contribution in [0, 0.1) is 5.82 Å². The monoisotopic (exact) mass is 414 g/mol. The van der Waals surface area contributed by atoms with Gasteiger partial charge in [0.05, 0.1) is 29.4 Å². The predicted octanol–water partition coefficient (Wildman–Crippen LogP) is 5.93. The molecule has 1 unspecified atom stereocenters. The van der Waals surface area contributed by atoms with Crippen LogP contribution in [-0.4, -0.2) is 17.5 Å². The molecule has 1 atom stereocenters. The Bertz CT molecular complexity index is 1200. The lowest BCUT2D eigenvalue weighted by Gasteiger charge is -2.16. The highest BCUT2D eigenvalue weighted by Gasteiger charge is 2.17. The summed E-state index contributed by atoms with van der Waals surface area (Å²) in [7, 11) is 0. The number of nitrogens with one attached hydrogen (secondary N) is 1. The first kappa shape index (κ1) is 20.5. The highest BCUT2D eigenvalue weighted by atomic mass is 19.1. The van der Waals surface area contributed by atoms with E-state index in [0.717, 1.165) is 27.8 Å². The molecule has 0 aliphatic carbocycles. The van der Waals surface area contributed by atoms with E-state index in [1.54, 1.807) is 12.1 Å². The van der Waals surface area contributed by atoms with Crippen LogP contribution in [0.25, 0.3) is 22.2 Å². The van der Waals surface area contributed by atoms with Crippen LogP contribution in [0.5, 0.6) is 5.75 Å². The SMILES string of the molecule is CCOc1ccc(-c2cc(C(=O)NC(C)c3ccc(F)cc3)c3ccccc3n2)cc1. The molecule has 1 N–H and O–H groups in total. The number of fused-ring (bicyclic) bond motifs is 1. The molecule has 4 rings (SSSR count). The first-order valence-corrected chi connectivity index (χ1v) is 10.2. The largest absolute Gasteiger partial charge is 0.494 e. The van der Waals surface area contributed by atoms with Crippen molar-refractivity contribution in [2.24, 2.45) is 0 Å². The molecule has 0 radical (unpaired) electrons. The zero-order valence-corrected chi connectivity index (χ0v) is 17.4. The highest BCUT2D eigenvalue weighted by molar-refractivity contribution is 6.07. The summed E-state index contributed by atoms with van der Waals surface area (Å²) < 4.78 is 18.7. The topological polar surface area (TPSA) is 51.2 Å². The van der Waals surface area contributed by atoms with Crippen LogP contribution in [0.15, 0.2) is 78.9 Å². The molecule has 1 amide bonds. The lowest BCUT2D eigenvalue weighted by molar-refractivity contribution is 0.0941. The predicted molar refractivity (Wildman–Crippen MR) is 121 cm³/mol. The number of carbonyl (C=O) groups excluding carboxylic acids is 1. The Hall–Kier alpha value is -3.73. The minimum absolute atomic E-state index is 0.206. The number of hydrogen-bond donors (Lipinski definition) is 1. The number of para-hydroxylation sites is 1. The van der Waals surface area contributed by atoms with Crippen molar-refractivity contribution in [1.29, 1.82) is 0 Å². The number of aromatic nitrogens is 1. The molecule has 1 aromatic heterocycles. The molecule has 5 heteroatoms. The normalized spacial score (nSPS) is 11.8. The third kappa shape index (κ3) is 4.56. The van der Waals surface area contributed by atoms with Gasteiger partial charge in [0, 0.05) is 10.9 Å². The molecule has 0 aliphatic heterocycles. The van der Waals surface area contributed by atoms with Crippen LogP contribution >= 0.6 is 0 Å². The van der Waals surface area contributed by atoms with Crippen molar-refractivity contribution in [1.82, 2.24) is 10.3 Å². The van der Waals surface area contributed by atoms with Crippen molar-refractivity contribution in [3.8, 4) is 17.0 Å². The number of pyridine rings is 1. The number of nitrogens with zero attached hydrogens (tertiary/aromatic N) is 1. The van der Waals surface area contributed by atoms with Gasteiger partial charge in [0.2, 0.25) is 0 Å². The first-order chi connectivity index (χ1) is 15.0. The van der Waals surface area contributed by atoms with E-state index in [1.807, 2.05) is 68.4 Å². The molecule has 0 spiro atoms. The van der Waals surface area contributed by atoms with Crippen LogP contribution in [-0.2, 0) is 0 Å². The summed E-state index contributed by atoms with van der Waals surface area (Å²) in [5, 5.41) is 3.80. The van der Waals surface area contributed by atoms with Crippen LogP contribution in [0.1, 0.15) is 35.8 Å². The van der Waals surface area contributed by atoms with E-state index in [9.17, 15) is 9.18 Å². The number of ether oxygens (including phenoxy) is 1. The lowest BCUT2D eigenvalue weighted by atomic mass is 10.0. The quantitative estimate of drug-likeness (QED) is 0.425. The summed E-state index contributed by atoms with van der Waals surface area (Å²) in [6.07, 6.45) is 0. The van der Waals surface area contributed by atoms with Gasteiger partial charge in [-0.15, -0.1) is 0 Å². The summed E-state index contributed by atoms with van der Waals surface area (Å²) in [6.45, 7) is 4.42. The summed E-state index contributed by atoms with van der Waals surface area (Å²) in [4.78, 5) is 17.9. The second kappa shape index (κ2) is 8.96. The number of amides is 1. The molecular weight excluding hydrogens is 391 g/mol. The van der Waals surface area contributed by atoms with Gasteiger partial charge in [0.1, 0.15) is 11.6 Å². The number of rotatable bonds is 6. The Morgan fingerprint density at radius 2 is 1.74 bits per heavy atom. The molecule has 0 fully saturated rings. The minimum Gasteiger partial charge on any atom is -0.494 e. The molecule has 156 valence electrons. The van der Waals surface area contributed by atoms with Gasteiger partial charge < -0.3 is 10.1 Å². The first-order valence-electron chi connectivity index (χ1n) is 10.2. The molecule has 4 nitrogen and oxygen atoms in total. The highest BCUT2D eigenvalue weighted by Crippen LogP contribution is 2.27. The van der Waals surface area contributed by atoms with Gasteiger partial charge in [0.15, 0.2) is 0 Å². The number of carbonyl (C=O) groups is 1. The number of halogens is 1. The van der Waals surface area contributed by atoms with Crippen molar-refractivity contribution in [3.63, 3.8) is 0 Å². The molecule has 0 saturated carbocycles. The van der Waals surface area contributed by atoms with Gasteiger partial charge in [-0.1, -0.05) is 30.3 Å². The maximum absolute atomic E-state index is 13.2. The average Bonchev–Trinajstić information content (AvgIpc) is 2.79. The standard InChI is InChI=1S/C26H23FN2O2/c1-3-31-21-14-10-19(11-15-21)25-16-23(22-6-4-5-7-24(22)29-25)26(30)28-17(2)18-8-12-20(27)13-9-18/h4-17H,3H2,1-2H3,(H,28,30). The summed E-state index contributed by atoms with van der Waals surface area (Å²) in [6, 6.07) is 22.9. The lowest BCUT2D eigenvalue weighted by Crippen LogP contribution is -2.27. The van der Waals surface area contributed by atoms with E-state index < -0.39 is 0 Å². The third-order valence-electron chi connectivity index (χ3n) is 5.14. The molecule has 0 bridgehead atoms. The maximum Gasteiger partial charge on any atom is 0.252 e. The molecule has 0 saturated heterocycles. The van der Waals surface area contributed by atoms with Gasteiger partial charge in [-0.05, 0) is 67.9 Å². The van der Waals surface area contributed by atoms with Crippen molar-refractivity contribution in [2.75, 3.05) is 6.61 Å². The second-order valence-corrected chi connectivity index (χ2v) is 7.28. The van der Waals surface area contributed by atoms with Crippen molar-refractivity contribution < 1.29 is 13.9 Å². The molecule has 4 aromatic rings. The minimum atomic E-state index is -0.303. The van der Waals surface area contributed by atoms with E-state index in [0.29, 0.717) is 17.9 Å². The maximum atomic E-state index is 13.2. The second-order valence-electron chi connectivity index (χ2n) is 7.28. The Morgan fingerprint density at radius 3 is 2.45 bits per heavy atom. The van der Waals surface area contributed by atoms with Crippen molar-refractivity contribution >= 4 is 16.8 Å². The third-order valence-corrected chi connectivity index (χ3v) is 5.14. The van der Waals surface area contributed by atoms with Crippen LogP contribution in [0.2, 0.25) is 0 Å². The summed E-state index contributed by atoms with van der Waals surface area (Å²) in [5.74, 6) is 0.281. The van der Waals surface area contributed by atoms with E-state index in [4.69, 9.17) is 9.72 Å². The fraction of sp³-hybridized carbons (Fsp3) is 0.154. The average molecular weight is 414 g/mol. The van der Waals surface area contributed by atoms with Crippen molar-refractivity contribution in [2.45, 2.75) is 19.9 Å². The number of hydrogen-bond acceptors (Lipinski definition) is 3. The Morgan fingerprint density at radius 1 is 1.03 bits per heavy atom. The van der Waals surface area contributed by atoms with E-state index in [1.165, 1.54) is 12.1 Å². The summed E-state index contributed by atoms with van der Waals surface area (Å²) in [5.41, 5.74) is 3.73. The van der Waals surface area contributed by atoms with Gasteiger partial charge in [0.25, 0.3) is 5.91 Å². The zero-order valence-electron chi connectivity index (χ0n) is 17.4. The molecular formula is C26H23FN2O2. The van der Waals surface area contributed by atoms with Gasteiger partial charge in [-0.3, -0.25) is 4.79 Å². The molecule has 1 heterocycles. The van der Waals surface area contributed by atoms with E-state index in [2.05, 4.69) is 5.32 Å². The Labute approximate surface area is 180 Å². The van der Waals surface area contributed by atoms with Crippen LogP contribution < -0.4 is 10.1 Å². The van der Waals surface area contributed by atoms with E-state index in [-0.39, 0.29) is 17.8 Å². The fourth-order valence-corrected chi connectivity index (χ4v) is 3.51. The fourth-order valence-electron chi connectivity index (χ4n) is 3.51.